The van der Waals surface area contributed by atoms with E-state index in [1.54, 1.807) is 25.1 Å². The van der Waals surface area contributed by atoms with Crippen molar-refractivity contribution in [3.05, 3.63) is 60.0 Å². The fourth-order valence-corrected chi connectivity index (χ4v) is 3.51. The van der Waals surface area contributed by atoms with Gasteiger partial charge in [0.05, 0.1) is 18.5 Å². The highest BCUT2D eigenvalue weighted by Gasteiger charge is 2.21. The third kappa shape index (κ3) is 3.63. The topological polar surface area (TPSA) is 81.4 Å². The van der Waals surface area contributed by atoms with Crippen LogP contribution in [0.25, 0.3) is 11.3 Å². The third-order valence-corrected chi connectivity index (χ3v) is 4.86. The van der Waals surface area contributed by atoms with Crippen molar-refractivity contribution in [1.82, 2.24) is 5.16 Å². The van der Waals surface area contributed by atoms with Gasteiger partial charge in [0, 0.05) is 11.6 Å². The van der Waals surface area contributed by atoms with Gasteiger partial charge in [0.25, 0.3) is 10.0 Å². The minimum atomic E-state index is -3.95. The largest absolute Gasteiger partial charge is 0.495 e. The summed E-state index contributed by atoms with van der Waals surface area (Å²) in [5.74, 6) is 0.0940. The first-order valence-electron chi connectivity index (χ1n) is 7.29. The number of benzene rings is 2. The zero-order valence-electron chi connectivity index (χ0n) is 13.5. The molecule has 1 heterocycles. The van der Waals surface area contributed by atoms with Crippen LogP contribution in [0.3, 0.4) is 0 Å². The van der Waals surface area contributed by atoms with Crippen molar-refractivity contribution in [1.29, 1.82) is 0 Å². The van der Waals surface area contributed by atoms with Crippen LogP contribution in [0.5, 0.6) is 5.75 Å². The van der Waals surface area contributed by atoms with E-state index in [0.717, 1.165) is 6.07 Å². The second-order valence-electron chi connectivity index (χ2n) is 5.31. The van der Waals surface area contributed by atoms with E-state index in [1.165, 1.54) is 31.4 Å². The van der Waals surface area contributed by atoms with Gasteiger partial charge in [-0.1, -0.05) is 11.2 Å². The number of hydrogen-bond donors (Lipinski definition) is 1. The van der Waals surface area contributed by atoms with Gasteiger partial charge in [0.1, 0.15) is 16.5 Å². The number of halogens is 1. The molecular formula is C17H15FN2O4S. The van der Waals surface area contributed by atoms with Gasteiger partial charge in [-0.2, -0.15) is 0 Å². The summed E-state index contributed by atoms with van der Waals surface area (Å²) in [5, 5.41) is 3.80. The van der Waals surface area contributed by atoms with Crippen molar-refractivity contribution in [2.45, 2.75) is 11.8 Å². The number of hydrogen-bond acceptors (Lipinski definition) is 5. The van der Waals surface area contributed by atoms with Crippen molar-refractivity contribution < 1.29 is 22.1 Å². The minimum absolute atomic E-state index is 0.0701. The van der Waals surface area contributed by atoms with Crippen LogP contribution < -0.4 is 9.46 Å². The van der Waals surface area contributed by atoms with Gasteiger partial charge in [0.2, 0.25) is 0 Å². The fourth-order valence-electron chi connectivity index (χ4n) is 2.30. The van der Waals surface area contributed by atoms with E-state index in [1.807, 2.05) is 0 Å². The van der Waals surface area contributed by atoms with Crippen LogP contribution in [0.4, 0.5) is 10.1 Å². The Balaban J connectivity index is 1.98. The lowest BCUT2D eigenvalue weighted by Crippen LogP contribution is -2.14. The van der Waals surface area contributed by atoms with E-state index in [2.05, 4.69) is 9.88 Å². The molecule has 0 fully saturated rings. The molecule has 8 heteroatoms. The number of rotatable bonds is 5. The number of aromatic nitrogens is 1. The Kier molecular flexibility index (Phi) is 4.45. The summed E-state index contributed by atoms with van der Waals surface area (Å²) >= 11 is 0. The van der Waals surface area contributed by atoms with Crippen LogP contribution in [0.2, 0.25) is 0 Å². The maximum Gasteiger partial charge on any atom is 0.265 e. The fraction of sp³-hybridized carbons (Fsp3) is 0.118. The summed E-state index contributed by atoms with van der Waals surface area (Å²) in [6.07, 6.45) is 0. The van der Waals surface area contributed by atoms with Gasteiger partial charge >= 0.3 is 0 Å². The molecule has 0 amide bonds. The normalized spacial score (nSPS) is 11.3. The molecule has 0 radical (unpaired) electrons. The molecule has 1 N–H and O–H groups in total. The lowest BCUT2D eigenvalue weighted by molar-refractivity contribution is 0.402. The first-order valence-corrected chi connectivity index (χ1v) is 8.77. The van der Waals surface area contributed by atoms with E-state index in [-0.39, 0.29) is 16.3 Å². The Morgan fingerprint density at radius 3 is 2.60 bits per heavy atom. The number of nitrogens with zero attached hydrogens (tertiary/aromatic N) is 1. The quantitative estimate of drug-likeness (QED) is 0.750. The molecular weight excluding hydrogens is 347 g/mol. The molecule has 6 nitrogen and oxygen atoms in total. The van der Waals surface area contributed by atoms with Gasteiger partial charge in [0.15, 0.2) is 5.76 Å². The maximum absolute atomic E-state index is 13.3. The number of nitrogens with one attached hydrogen (secondary N) is 1. The second-order valence-corrected chi connectivity index (χ2v) is 6.96. The van der Waals surface area contributed by atoms with Crippen molar-refractivity contribution in [2.75, 3.05) is 11.8 Å². The number of anilines is 1. The van der Waals surface area contributed by atoms with Crippen molar-refractivity contribution in [3.8, 4) is 17.1 Å². The first kappa shape index (κ1) is 17.0. The molecule has 25 heavy (non-hydrogen) atoms. The van der Waals surface area contributed by atoms with Crippen LogP contribution in [0.15, 0.2) is 57.9 Å². The molecule has 0 atom stereocenters. The maximum atomic E-state index is 13.3. The second kappa shape index (κ2) is 6.56. The average Bonchev–Trinajstić information content (AvgIpc) is 3.00. The van der Waals surface area contributed by atoms with E-state index < -0.39 is 15.8 Å². The van der Waals surface area contributed by atoms with Gasteiger partial charge < -0.3 is 9.26 Å². The van der Waals surface area contributed by atoms with Gasteiger partial charge in [-0.05, 0) is 43.3 Å². The van der Waals surface area contributed by atoms with Gasteiger partial charge in [-0.15, -0.1) is 0 Å². The molecule has 3 aromatic rings. The highest BCUT2D eigenvalue weighted by molar-refractivity contribution is 7.92. The highest BCUT2D eigenvalue weighted by Crippen LogP contribution is 2.31. The Bertz CT molecular complexity index is 1010. The van der Waals surface area contributed by atoms with Crippen LogP contribution in [0.1, 0.15) is 5.69 Å². The summed E-state index contributed by atoms with van der Waals surface area (Å²) in [5.41, 5.74) is 1.46. The molecule has 0 unspecified atom stereocenters. The standard InChI is InChI=1S/C17H15FN2O4S/c1-11-8-15(24-19-11)12-6-7-17(16(9-12)23-2)25(21,22)20-14-5-3-4-13(18)10-14/h3-10,20H,1-2H3. The molecule has 0 aliphatic carbocycles. The smallest absolute Gasteiger partial charge is 0.265 e. The van der Waals surface area contributed by atoms with Crippen molar-refractivity contribution in [3.63, 3.8) is 0 Å². The first-order chi connectivity index (χ1) is 11.9. The van der Waals surface area contributed by atoms with Crippen LogP contribution in [-0.2, 0) is 10.0 Å². The number of ether oxygens (including phenoxy) is 1. The van der Waals surface area contributed by atoms with Crippen molar-refractivity contribution >= 4 is 15.7 Å². The highest BCUT2D eigenvalue weighted by atomic mass is 32.2. The molecule has 0 saturated heterocycles. The minimum Gasteiger partial charge on any atom is -0.495 e. The van der Waals surface area contributed by atoms with Gasteiger partial charge in [-0.25, -0.2) is 12.8 Å². The average molecular weight is 362 g/mol. The molecule has 0 bridgehead atoms. The monoisotopic (exact) mass is 362 g/mol. The number of sulfonamides is 1. The molecule has 130 valence electrons. The molecule has 0 spiro atoms. The van der Waals surface area contributed by atoms with E-state index in [0.29, 0.717) is 17.0 Å². The summed E-state index contributed by atoms with van der Waals surface area (Å²) in [4.78, 5) is -0.0701. The Morgan fingerprint density at radius 1 is 1.16 bits per heavy atom. The Labute approximate surface area is 144 Å². The van der Waals surface area contributed by atoms with E-state index >= 15 is 0 Å². The molecule has 0 aliphatic heterocycles. The Morgan fingerprint density at radius 2 is 1.96 bits per heavy atom. The third-order valence-electron chi connectivity index (χ3n) is 3.44. The summed E-state index contributed by atoms with van der Waals surface area (Å²) < 4.78 is 51.2. The summed E-state index contributed by atoms with van der Waals surface area (Å²) in [6.45, 7) is 1.78. The van der Waals surface area contributed by atoms with Crippen LogP contribution in [0, 0.1) is 12.7 Å². The number of methoxy groups -OCH3 is 1. The SMILES string of the molecule is COc1cc(-c2cc(C)no2)ccc1S(=O)(=O)Nc1cccc(F)c1. The summed E-state index contributed by atoms with van der Waals surface area (Å²) in [6, 6.07) is 11.4. The van der Waals surface area contributed by atoms with Crippen LogP contribution in [-0.4, -0.2) is 20.7 Å². The summed E-state index contributed by atoms with van der Waals surface area (Å²) in [7, 11) is -2.59. The lowest BCUT2D eigenvalue weighted by Gasteiger charge is -2.12. The van der Waals surface area contributed by atoms with Crippen LogP contribution >= 0.6 is 0 Å². The van der Waals surface area contributed by atoms with E-state index in [9.17, 15) is 12.8 Å². The van der Waals surface area contributed by atoms with Crippen molar-refractivity contribution in [2.24, 2.45) is 0 Å². The predicted molar refractivity (Wildman–Crippen MR) is 90.4 cm³/mol. The molecule has 0 saturated carbocycles. The zero-order valence-corrected chi connectivity index (χ0v) is 14.3. The van der Waals surface area contributed by atoms with E-state index in [4.69, 9.17) is 9.26 Å². The number of aryl methyl sites for hydroxylation is 1. The molecule has 3 rings (SSSR count). The van der Waals surface area contributed by atoms with Gasteiger partial charge in [-0.3, -0.25) is 4.72 Å². The lowest BCUT2D eigenvalue weighted by atomic mass is 10.1. The Hall–Kier alpha value is -2.87. The zero-order chi connectivity index (χ0) is 18.0. The molecule has 0 aliphatic rings. The predicted octanol–water partition coefficient (Wildman–Crippen LogP) is 3.60. The molecule has 1 aromatic heterocycles. The molecule has 2 aromatic carbocycles.